The van der Waals surface area contributed by atoms with E-state index < -0.39 is 25.8 Å². The van der Waals surface area contributed by atoms with Crippen molar-refractivity contribution in [3.8, 4) is 5.75 Å². The van der Waals surface area contributed by atoms with Gasteiger partial charge in [0.25, 0.3) is 0 Å². The molecule has 2 rings (SSSR count). The summed E-state index contributed by atoms with van der Waals surface area (Å²) in [5.41, 5.74) is 6.16. The molecule has 1 aliphatic rings. The van der Waals surface area contributed by atoms with Gasteiger partial charge in [-0.2, -0.15) is 25.5 Å². The quantitative estimate of drug-likeness (QED) is 0.815. The van der Waals surface area contributed by atoms with Crippen LogP contribution in [0.25, 0.3) is 0 Å². The maximum atomic E-state index is 12.8. The Labute approximate surface area is 138 Å². The van der Waals surface area contributed by atoms with E-state index in [1.54, 1.807) is 12.1 Å². The van der Waals surface area contributed by atoms with Gasteiger partial charge in [0.05, 0.1) is 7.11 Å². The first kappa shape index (κ1) is 18.5. The highest BCUT2D eigenvalue weighted by molar-refractivity contribution is 7.91. The van der Waals surface area contributed by atoms with Crippen molar-refractivity contribution in [1.82, 2.24) is 3.89 Å². The molecule has 1 unspecified atom stereocenters. The third-order valence-electron chi connectivity index (χ3n) is 3.65. The number of nitrogens with zero attached hydrogens (tertiary/aromatic N) is 1. The molecule has 0 fully saturated rings. The van der Waals surface area contributed by atoms with Crippen LogP contribution in [0.3, 0.4) is 0 Å². The largest absolute Gasteiger partial charge is 0.497 e. The number of hydrogen-bond acceptors (Lipinski definition) is 4. The topological polar surface area (TPSA) is 69.4 Å². The Morgan fingerprint density at radius 1 is 1.33 bits per heavy atom. The molecule has 0 aromatic heterocycles. The van der Waals surface area contributed by atoms with E-state index >= 15 is 0 Å². The predicted octanol–water partition coefficient (Wildman–Crippen LogP) is 2.31. The minimum Gasteiger partial charge on any atom is -0.497 e. The molecule has 1 aromatic carbocycles. The van der Waals surface area contributed by atoms with Crippen LogP contribution in [0.4, 0.5) is 18.9 Å². The van der Waals surface area contributed by atoms with E-state index in [0.29, 0.717) is 11.3 Å². The van der Waals surface area contributed by atoms with Gasteiger partial charge >= 0.3 is 16.2 Å². The van der Waals surface area contributed by atoms with E-state index in [4.69, 9.17) is 10.5 Å². The zero-order valence-electron chi connectivity index (χ0n) is 13.0. The summed E-state index contributed by atoms with van der Waals surface area (Å²) in [7, 11) is -3.26. The zero-order valence-corrected chi connectivity index (χ0v) is 13.8. The summed E-state index contributed by atoms with van der Waals surface area (Å²) in [4.78, 5) is 0. The Bertz CT molecular complexity index is 772. The minimum absolute atomic E-state index is 0.0159. The number of benzene rings is 1. The van der Waals surface area contributed by atoms with Gasteiger partial charge in [0.2, 0.25) is 0 Å². The molecule has 0 saturated heterocycles. The van der Waals surface area contributed by atoms with Gasteiger partial charge in [0.1, 0.15) is 18.5 Å². The van der Waals surface area contributed by atoms with Crippen molar-refractivity contribution in [2.75, 3.05) is 26.0 Å². The SMILES string of the molecule is COc1cccc([N+]2(S(=O)(=O)CC(F)(F)F)C=C(CN)C=CC2)c1. The van der Waals surface area contributed by atoms with Gasteiger partial charge in [-0.3, -0.25) is 0 Å². The lowest BCUT2D eigenvalue weighted by molar-refractivity contribution is -0.106. The fraction of sp³-hybridized carbons (Fsp3) is 0.333. The fourth-order valence-corrected chi connectivity index (χ4v) is 4.24. The van der Waals surface area contributed by atoms with Gasteiger partial charge in [-0.25, -0.2) is 0 Å². The van der Waals surface area contributed by atoms with Crippen molar-refractivity contribution < 1.29 is 26.3 Å². The molecule has 0 radical (unpaired) electrons. The monoisotopic (exact) mass is 363 g/mol. The van der Waals surface area contributed by atoms with E-state index in [1.165, 1.54) is 37.6 Å². The lowest BCUT2D eigenvalue weighted by Crippen LogP contribution is -2.54. The second-order valence-corrected chi connectivity index (χ2v) is 7.44. The van der Waals surface area contributed by atoms with Gasteiger partial charge in [0, 0.05) is 24.3 Å². The van der Waals surface area contributed by atoms with Gasteiger partial charge in [-0.05, 0) is 12.1 Å². The Morgan fingerprint density at radius 3 is 2.62 bits per heavy atom. The molecular formula is C15H18F3N2O3S+. The minimum atomic E-state index is -4.85. The highest BCUT2D eigenvalue weighted by Gasteiger charge is 2.50. The van der Waals surface area contributed by atoms with Crippen LogP contribution >= 0.6 is 0 Å². The third kappa shape index (κ3) is 3.63. The summed E-state index contributed by atoms with van der Waals surface area (Å²) in [6, 6.07) is 5.99. The summed E-state index contributed by atoms with van der Waals surface area (Å²) in [6.07, 6.45) is -0.466. The second kappa shape index (κ2) is 6.58. The predicted molar refractivity (Wildman–Crippen MR) is 85.8 cm³/mol. The molecule has 1 aliphatic heterocycles. The van der Waals surface area contributed by atoms with Crippen molar-refractivity contribution in [1.29, 1.82) is 0 Å². The molecule has 0 aliphatic carbocycles. The van der Waals surface area contributed by atoms with Crippen LogP contribution in [-0.2, 0) is 10.0 Å². The second-order valence-electron chi connectivity index (χ2n) is 5.33. The number of sulfonamides is 1. The van der Waals surface area contributed by atoms with Gasteiger partial charge in [-0.1, -0.05) is 12.1 Å². The van der Waals surface area contributed by atoms with Crippen molar-refractivity contribution in [2.45, 2.75) is 6.18 Å². The number of halogens is 3. The summed E-state index contributed by atoms with van der Waals surface area (Å²) in [5, 5.41) is 0. The van der Waals surface area contributed by atoms with E-state index in [1.807, 2.05) is 0 Å². The highest BCUT2D eigenvalue weighted by atomic mass is 32.2. The third-order valence-corrected chi connectivity index (χ3v) is 5.80. The fourth-order valence-electron chi connectivity index (χ4n) is 2.55. The molecule has 132 valence electrons. The van der Waals surface area contributed by atoms with E-state index in [2.05, 4.69) is 0 Å². The Hall–Kier alpha value is -1.84. The van der Waals surface area contributed by atoms with Gasteiger partial charge in [0.15, 0.2) is 11.4 Å². The average molecular weight is 363 g/mol. The molecule has 24 heavy (non-hydrogen) atoms. The summed E-state index contributed by atoms with van der Waals surface area (Å²) in [5.74, 6) is -1.58. The van der Waals surface area contributed by atoms with Crippen LogP contribution in [0.2, 0.25) is 0 Å². The number of ether oxygens (including phenoxy) is 1. The van der Waals surface area contributed by atoms with Crippen molar-refractivity contribution in [3.05, 3.63) is 48.2 Å². The van der Waals surface area contributed by atoms with Gasteiger partial charge < -0.3 is 10.5 Å². The lowest BCUT2D eigenvalue weighted by Gasteiger charge is -2.34. The Morgan fingerprint density at radius 2 is 2.04 bits per heavy atom. The molecule has 0 saturated carbocycles. The lowest BCUT2D eigenvalue weighted by atomic mass is 10.2. The number of nitrogens with two attached hydrogens (primary N) is 1. The van der Waals surface area contributed by atoms with Crippen LogP contribution in [0.5, 0.6) is 5.75 Å². The standard InChI is InChI=1S/C15H18F3N2O3S/c1-23-14-6-2-5-13(8-14)20(7-3-4-12(9-19)10-20)24(21,22)11-15(16,17)18/h2-6,8,10H,7,9,11,19H2,1H3/q+1. The first-order chi connectivity index (χ1) is 11.1. The van der Waals surface area contributed by atoms with Crippen molar-refractivity contribution in [3.63, 3.8) is 0 Å². The average Bonchev–Trinajstić information content (AvgIpc) is 2.52. The van der Waals surface area contributed by atoms with Crippen LogP contribution in [-0.4, -0.2) is 40.5 Å². The first-order valence-corrected chi connectivity index (χ1v) is 8.65. The normalized spacial score (nSPS) is 21.5. The molecule has 0 amide bonds. The first-order valence-electron chi connectivity index (χ1n) is 7.04. The molecule has 1 atom stereocenters. The molecule has 5 nitrogen and oxygen atoms in total. The Balaban J connectivity index is 2.67. The van der Waals surface area contributed by atoms with E-state index in [0.717, 1.165) is 0 Å². The molecular weight excluding hydrogens is 345 g/mol. The Kier molecular flexibility index (Phi) is 5.07. The number of alkyl halides is 3. The van der Waals surface area contributed by atoms with Crippen LogP contribution in [0.15, 0.2) is 48.2 Å². The molecule has 0 bridgehead atoms. The van der Waals surface area contributed by atoms with Crippen LogP contribution < -0.4 is 14.4 Å². The maximum absolute atomic E-state index is 12.8. The zero-order chi connectivity index (χ0) is 18.0. The number of methoxy groups -OCH3 is 1. The van der Waals surface area contributed by atoms with Crippen LogP contribution in [0.1, 0.15) is 0 Å². The van der Waals surface area contributed by atoms with Crippen LogP contribution in [0, 0.1) is 0 Å². The van der Waals surface area contributed by atoms with E-state index in [9.17, 15) is 21.6 Å². The van der Waals surface area contributed by atoms with Crippen molar-refractivity contribution in [2.24, 2.45) is 5.73 Å². The highest BCUT2D eigenvalue weighted by Crippen LogP contribution is 2.36. The number of rotatable bonds is 5. The van der Waals surface area contributed by atoms with Gasteiger partial charge in [-0.15, -0.1) is 0 Å². The molecule has 9 heteroatoms. The molecule has 1 aromatic rings. The molecule has 2 N–H and O–H groups in total. The summed E-state index contributed by atoms with van der Waals surface area (Å²) < 4.78 is 68.0. The molecule has 0 spiro atoms. The maximum Gasteiger partial charge on any atom is 0.408 e. The summed E-state index contributed by atoms with van der Waals surface area (Å²) in [6.45, 7) is -0.142. The summed E-state index contributed by atoms with van der Waals surface area (Å²) >= 11 is 0. The van der Waals surface area contributed by atoms with E-state index in [-0.39, 0.29) is 18.8 Å². The number of quaternary nitrogens is 1. The molecule has 1 heterocycles. The van der Waals surface area contributed by atoms with Crippen molar-refractivity contribution >= 4 is 15.7 Å². The smallest absolute Gasteiger partial charge is 0.408 e. The number of hydrogen-bond donors (Lipinski definition) is 1.